The maximum atomic E-state index is 5.94. The van der Waals surface area contributed by atoms with E-state index in [1.54, 1.807) is 11.8 Å². The quantitative estimate of drug-likeness (QED) is 0.594. The van der Waals surface area contributed by atoms with E-state index in [0.29, 0.717) is 12.1 Å². The van der Waals surface area contributed by atoms with Crippen LogP contribution in [0.5, 0.6) is 0 Å². The van der Waals surface area contributed by atoms with Gasteiger partial charge in [-0.05, 0) is 43.7 Å². The summed E-state index contributed by atoms with van der Waals surface area (Å²) >= 11 is 1.79. The summed E-state index contributed by atoms with van der Waals surface area (Å²) in [5, 5.41) is 3.54. The molecule has 112 valence electrons. The molecule has 1 atom stereocenters. The summed E-state index contributed by atoms with van der Waals surface area (Å²) in [4.78, 5) is 1.32. The van der Waals surface area contributed by atoms with Gasteiger partial charge in [0.15, 0.2) is 0 Å². The molecule has 1 aromatic carbocycles. The van der Waals surface area contributed by atoms with Crippen LogP contribution in [0.3, 0.4) is 0 Å². The van der Waals surface area contributed by atoms with E-state index in [2.05, 4.69) is 42.8 Å². The predicted octanol–water partition coefficient (Wildman–Crippen LogP) is 4.41. The van der Waals surface area contributed by atoms with Crippen LogP contribution in [0, 0.1) is 0 Å². The number of hydrogen-bond acceptors (Lipinski definition) is 3. The van der Waals surface area contributed by atoms with Gasteiger partial charge < -0.3 is 10.1 Å². The van der Waals surface area contributed by atoms with Crippen molar-refractivity contribution < 1.29 is 4.74 Å². The van der Waals surface area contributed by atoms with Crippen LogP contribution < -0.4 is 5.32 Å². The Hall–Kier alpha value is -0.510. The monoisotopic (exact) mass is 293 g/mol. The van der Waals surface area contributed by atoms with Gasteiger partial charge in [-0.1, -0.05) is 31.4 Å². The molecule has 2 rings (SSSR count). The van der Waals surface area contributed by atoms with Crippen LogP contribution in [0.15, 0.2) is 29.2 Å². The van der Waals surface area contributed by atoms with E-state index < -0.39 is 0 Å². The normalized spacial score (nSPS) is 18.1. The molecule has 1 N–H and O–H groups in total. The fourth-order valence-electron chi connectivity index (χ4n) is 2.74. The van der Waals surface area contributed by atoms with Gasteiger partial charge in [0, 0.05) is 17.5 Å². The first-order chi connectivity index (χ1) is 9.79. The summed E-state index contributed by atoms with van der Waals surface area (Å²) in [5.74, 6) is 0. The van der Waals surface area contributed by atoms with Crippen molar-refractivity contribution in [2.24, 2.45) is 0 Å². The standard InChI is InChI=1S/C17H27NOS/c1-14(15-8-10-17(20-2)11-9-15)18-12-13-19-16-6-4-3-5-7-16/h8-11,14,16,18H,3-7,12-13H2,1-2H3. The third-order valence-electron chi connectivity index (χ3n) is 4.07. The van der Waals surface area contributed by atoms with Crippen LogP contribution in [0.25, 0.3) is 0 Å². The molecule has 20 heavy (non-hydrogen) atoms. The third-order valence-corrected chi connectivity index (χ3v) is 4.82. The average molecular weight is 293 g/mol. The van der Waals surface area contributed by atoms with Crippen LogP contribution in [-0.4, -0.2) is 25.5 Å². The first kappa shape index (κ1) is 15.9. The fourth-order valence-corrected chi connectivity index (χ4v) is 3.15. The van der Waals surface area contributed by atoms with Crippen molar-refractivity contribution in [2.75, 3.05) is 19.4 Å². The molecule has 0 aliphatic heterocycles. The zero-order valence-corrected chi connectivity index (χ0v) is 13.5. The number of nitrogens with one attached hydrogen (secondary N) is 1. The molecule has 0 spiro atoms. The van der Waals surface area contributed by atoms with Crippen LogP contribution >= 0.6 is 11.8 Å². The largest absolute Gasteiger partial charge is 0.377 e. The molecular weight excluding hydrogens is 266 g/mol. The van der Waals surface area contributed by atoms with Crippen molar-refractivity contribution in [1.82, 2.24) is 5.32 Å². The third kappa shape index (κ3) is 5.12. The van der Waals surface area contributed by atoms with Crippen LogP contribution in [-0.2, 0) is 4.74 Å². The molecule has 0 aromatic heterocycles. The minimum absolute atomic E-state index is 0.390. The number of thioether (sulfide) groups is 1. The summed E-state index contributed by atoms with van der Waals surface area (Å²) in [5.41, 5.74) is 1.35. The van der Waals surface area contributed by atoms with Crippen LogP contribution in [0.1, 0.15) is 50.6 Å². The molecule has 1 aliphatic rings. The van der Waals surface area contributed by atoms with E-state index in [1.165, 1.54) is 42.6 Å². The van der Waals surface area contributed by atoms with Gasteiger partial charge in [-0.15, -0.1) is 11.8 Å². The SMILES string of the molecule is CSc1ccc(C(C)NCCOC2CCCCC2)cc1. The van der Waals surface area contributed by atoms with Gasteiger partial charge in [-0.2, -0.15) is 0 Å². The lowest BCUT2D eigenvalue weighted by Gasteiger charge is -2.22. The highest BCUT2D eigenvalue weighted by molar-refractivity contribution is 7.98. The smallest absolute Gasteiger partial charge is 0.0594 e. The summed E-state index contributed by atoms with van der Waals surface area (Å²) in [7, 11) is 0. The molecule has 2 nitrogen and oxygen atoms in total. The maximum Gasteiger partial charge on any atom is 0.0594 e. The molecule has 0 amide bonds. The van der Waals surface area contributed by atoms with E-state index in [4.69, 9.17) is 4.74 Å². The predicted molar refractivity (Wildman–Crippen MR) is 87.5 cm³/mol. The molecule has 0 heterocycles. The lowest BCUT2D eigenvalue weighted by molar-refractivity contribution is 0.0295. The maximum absolute atomic E-state index is 5.94. The molecule has 1 unspecified atom stereocenters. The van der Waals surface area contributed by atoms with Crippen molar-refractivity contribution in [3.05, 3.63) is 29.8 Å². The van der Waals surface area contributed by atoms with Crippen molar-refractivity contribution in [3.8, 4) is 0 Å². The Kier molecular flexibility index (Phi) is 6.91. The van der Waals surface area contributed by atoms with Crippen LogP contribution in [0.2, 0.25) is 0 Å². The fraction of sp³-hybridized carbons (Fsp3) is 0.647. The lowest BCUT2D eigenvalue weighted by Crippen LogP contribution is -2.26. The minimum Gasteiger partial charge on any atom is -0.377 e. The highest BCUT2D eigenvalue weighted by Gasteiger charge is 2.13. The number of hydrogen-bond donors (Lipinski definition) is 1. The van der Waals surface area contributed by atoms with Gasteiger partial charge >= 0.3 is 0 Å². The van der Waals surface area contributed by atoms with Gasteiger partial charge in [0.1, 0.15) is 0 Å². The highest BCUT2D eigenvalue weighted by atomic mass is 32.2. The lowest BCUT2D eigenvalue weighted by atomic mass is 9.98. The molecular formula is C17H27NOS. The van der Waals surface area contributed by atoms with Gasteiger partial charge in [-0.25, -0.2) is 0 Å². The summed E-state index contributed by atoms with van der Waals surface area (Å²) in [6, 6.07) is 9.20. The second-order valence-corrected chi connectivity index (χ2v) is 6.46. The Morgan fingerprint density at radius 1 is 1.20 bits per heavy atom. The molecule has 3 heteroatoms. The zero-order chi connectivity index (χ0) is 14.2. The van der Waals surface area contributed by atoms with E-state index in [9.17, 15) is 0 Å². The Bertz CT molecular complexity index is 373. The molecule has 1 fully saturated rings. The van der Waals surface area contributed by atoms with Crippen molar-refractivity contribution in [1.29, 1.82) is 0 Å². The second-order valence-electron chi connectivity index (χ2n) is 5.58. The Morgan fingerprint density at radius 2 is 1.90 bits per heavy atom. The van der Waals surface area contributed by atoms with Crippen molar-refractivity contribution in [2.45, 2.75) is 56.1 Å². The molecule has 1 aromatic rings. The van der Waals surface area contributed by atoms with Crippen molar-refractivity contribution in [3.63, 3.8) is 0 Å². The van der Waals surface area contributed by atoms with E-state index in [-0.39, 0.29) is 0 Å². The van der Waals surface area contributed by atoms with Gasteiger partial charge in [0.25, 0.3) is 0 Å². The van der Waals surface area contributed by atoms with Crippen LogP contribution in [0.4, 0.5) is 0 Å². The first-order valence-electron chi connectivity index (χ1n) is 7.78. The van der Waals surface area contributed by atoms with Crippen molar-refractivity contribution >= 4 is 11.8 Å². The van der Waals surface area contributed by atoms with Gasteiger partial charge in [0.05, 0.1) is 12.7 Å². The number of ether oxygens (including phenoxy) is 1. The van der Waals surface area contributed by atoms with E-state index in [1.807, 2.05) is 0 Å². The number of benzene rings is 1. The molecule has 0 bridgehead atoms. The average Bonchev–Trinajstić information content (AvgIpc) is 2.52. The zero-order valence-electron chi connectivity index (χ0n) is 12.7. The number of rotatable bonds is 7. The molecule has 0 radical (unpaired) electrons. The summed E-state index contributed by atoms with van der Waals surface area (Å²) in [6.45, 7) is 3.98. The Morgan fingerprint density at radius 3 is 2.55 bits per heavy atom. The minimum atomic E-state index is 0.390. The van der Waals surface area contributed by atoms with E-state index >= 15 is 0 Å². The Labute approximate surface area is 127 Å². The molecule has 0 saturated heterocycles. The van der Waals surface area contributed by atoms with Gasteiger partial charge in [-0.3, -0.25) is 0 Å². The highest BCUT2D eigenvalue weighted by Crippen LogP contribution is 2.20. The first-order valence-corrected chi connectivity index (χ1v) is 9.01. The van der Waals surface area contributed by atoms with E-state index in [0.717, 1.165) is 13.2 Å². The molecule has 1 saturated carbocycles. The second kappa shape index (κ2) is 8.71. The topological polar surface area (TPSA) is 21.3 Å². The summed E-state index contributed by atoms with van der Waals surface area (Å²) in [6.07, 6.45) is 9.21. The van der Waals surface area contributed by atoms with Gasteiger partial charge in [0.2, 0.25) is 0 Å². The molecule has 1 aliphatic carbocycles. The Balaban J connectivity index is 1.64. The summed E-state index contributed by atoms with van der Waals surface area (Å²) < 4.78 is 5.94.